The lowest BCUT2D eigenvalue weighted by atomic mass is 9.90. The van der Waals surface area contributed by atoms with Gasteiger partial charge in [0.25, 0.3) is 0 Å². The van der Waals surface area contributed by atoms with Gasteiger partial charge in [0.05, 0.1) is 6.10 Å². The number of benzene rings is 2. The monoisotopic (exact) mass is 323 g/mol. The summed E-state index contributed by atoms with van der Waals surface area (Å²) < 4.78 is 5.98. The quantitative estimate of drug-likeness (QED) is 0.726. The summed E-state index contributed by atoms with van der Waals surface area (Å²) in [4.78, 5) is 2.60. The molecule has 0 radical (unpaired) electrons. The Morgan fingerprint density at radius 3 is 2.25 bits per heavy atom. The van der Waals surface area contributed by atoms with E-state index in [1.165, 1.54) is 37.9 Å². The predicted octanol–water partition coefficient (Wildman–Crippen LogP) is 4.80. The Kier molecular flexibility index (Phi) is 6.31. The smallest absolute Gasteiger partial charge is 0.119 e. The first kappa shape index (κ1) is 17.0. The molecule has 0 bridgehead atoms. The van der Waals surface area contributed by atoms with E-state index in [0.29, 0.717) is 0 Å². The van der Waals surface area contributed by atoms with Crippen molar-refractivity contribution in [3.8, 4) is 5.75 Å². The highest BCUT2D eigenvalue weighted by Gasteiger charge is 2.19. The van der Waals surface area contributed by atoms with Crippen LogP contribution in [0.15, 0.2) is 60.7 Å². The fraction of sp³-hybridized carbons (Fsp3) is 0.455. The van der Waals surface area contributed by atoms with Gasteiger partial charge in [0, 0.05) is 6.54 Å². The van der Waals surface area contributed by atoms with Gasteiger partial charge in [-0.2, -0.15) is 0 Å². The second-order valence-corrected chi connectivity index (χ2v) is 7.00. The Morgan fingerprint density at radius 1 is 0.958 bits per heavy atom. The Bertz CT molecular complexity index is 575. The van der Waals surface area contributed by atoms with E-state index in [2.05, 4.69) is 42.2 Å². The number of nitrogens with zero attached hydrogens (tertiary/aromatic N) is 1. The van der Waals surface area contributed by atoms with E-state index in [0.717, 1.165) is 24.6 Å². The lowest BCUT2D eigenvalue weighted by Gasteiger charge is -2.32. The third-order valence-electron chi connectivity index (χ3n) is 5.01. The second-order valence-electron chi connectivity index (χ2n) is 7.00. The van der Waals surface area contributed by atoms with Gasteiger partial charge in [0.1, 0.15) is 5.75 Å². The lowest BCUT2D eigenvalue weighted by molar-refractivity contribution is 0.145. The van der Waals surface area contributed by atoms with Crippen molar-refractivity contribution in [2.45, 2.75) is 38.7 Å². The summed E-state index contributed by atoms with van der Waals surface area (Å²) >= 11 is 0. The number of rotatable bonds is 7. The molecule has 0 aromatic heterocycles. The van der Waals surface area contributed by atoms with Crippen molar-refractivity contribution >= 4 is 0 Å². The van der Waals surface area contributed by atoms with Crippen molar-refractivity contribution in [3.05, 3.63) is 66.2 Å². The highest BCUT2D eigenvalue weighted by molar-refractivity contribution is 5.21. The molecule has 0 aliphatic carbocycles. The van der Waals surface area contributed by atoms with E-state index < -0.39 is 0 Å². The molecule has 1 atom stereocenters. The third kappa shape index (κ3) is 5.38. The van der Waals surface area contributed by atoms with Gasteiger partial charge < -0.3 is 9.64 Å². The van der Waals surface area contributed by atoms with Crippen LogP contribution >= 0.6 is 0 Å². The minimum atomic E-state index is 0.273. The number of hydrogen-bond donors (Lipinski definition) is 0. The van der Waals surface area contributed by atoms with Crippen molar-refractivity contribution in [3.63, 3.8) is 0 Å². The Balaban J connectivity index is 1.35. The first-order valence-corrected chi connectivity index (χ1v) is 9.27. The molecular weight excluding hydrogens is 294 g/mol. The molecule has 2 aromatic carbocycles. The molecule has 0 amide bonds. The zero-order valence-corrected chi connectivity index (χ0v) is 14.7. The molecule has 0 saturated carbocycles. The van der Waals surface area contributed by atoms with E-state index in [1.807, 2.05) is 30.3 Å². The van der Waals surface area contributed by atoms with Crippen LogP contribution in [0.3, 0.4) is 0 Å². The van der Waals surface area contributed by atoms with Crippen molar-refractivity contribution in [2.24, 2.45) is 5.92 Å². The predicted molar refractivity (Wildman–Crippen MR) is 100 cm³/mol. The van der Waals surface area contributed by atoms with Gasteiger partial charge in [-0.25, -0.2) is 0 Å². The summed E-state index contributed by atoms with van der Waals surface area (Å²) in [5.74, 6) is 1.83. The van der Waals surface area contributed by atoms with Gasteiger partial charge in [0.2, 0.25) is 0 Å². The van der Waals surface area contributed by atoms with Crippen LogP contribution < -0.4 is 4.74 Å². The molecule has 2 aromatic rings. The van der Waals surface area contributed by atoms with E-state index in [9.17, 15) is 0 Å². The zero-order chi connectivity index (χ0) is 16.6. The normalized spacial score (nSPS) is 17.5. The summed E-state index contributed by atoms with van der Waals surface area (Å²) in [5.41, 5.74) is 1.49. The maximum atomic E-state index is 5.98. The van der Waals surface area contributed by atoms with E-state index in [4.69, 9.17) is 4.74 Å². The van der Waals surface area contributed by atoms with Gasteiger partial charge in [0.15, 0.2) is 0 Å². The van der Waals surface area contributed by atoms with Gasteiger partial charge in [-0.3, -0.25) is 0 Å². The van der Waals surface area contributed by atoms with Crippen LogP contribution in [0.25, 0.3) is 0 Å². The summed E-state index contributed by atoms with van der Waals surface area (Å²) in [5, 5.41) is 0. The summed E-state index contributed by atoms with van der Waals surface area (Å²) in [6.07, 6.45) is 5.25. The van der Waals surface area contributed by atoms with Crippen LogP contribution in [0.4, 0.5) is 0 Å². The molecule has 0 N–H and O–H groups in total. The third-order valence-corrected chi connectivity index (χ3v) is 5.01. The molecule has 1 heterocycles. The number of likely N-dealkylation sites (tertiary alicyclic amines) is 1. The summed E-state index contributed by atoms with van der Waals surface area (Å²) in [6.45, 7) is 5.78. The summed E-state index contributed by atoms with van der Waals surface area (Å²) in [6, 6.07) is 21.1. The average Bonchev–Trinajstić information content (AvgIpc) is 2.63. The Labute approximate surface area is 146 Å². The molecule has 1 aliphatic rings. The maximum Gasteiger partial charge on any atom is 0.119 e. The van der Waals surface area contributed by atoms with Crippen LogP contribution in [-0.2, 0) is 6.42 Å². The van der Waals surface area contributed by atoms with E-state index in [1.54, 1.807) is 0 Å². The molecule has 3 rings (SSSR count). The molecule has 2 nitrogen and oxygen atoms in total. The van der Waals surface area contributed by atoms with Gasteiger partial charge >= 0.3 is 0 Å². The SMILES string of the molecule is CC(CCN1CCC(Cc2ccccc2)CC1)Oc1ccccc1. The highest BCUT2D eigenvalue weighted by atomic mass is 16.5. The van der Waals surface area contributed by atoms with Crippen LogP contribution in [0, 0.1) is 5.92 Å². The molecule has 1 aliphatic heterocycles. The van der Waals surface area contributed by atoms with Crippen LogP contribution in [0.1, 0.15) is 31.7 Å². The number of para-hydroxylation sites is 1. The molecule has 1 saturated heterocycles. The van der Waals surface area contributed by atoms with Gasteiger partial charge in [-0.05, 0) is 69.3 Å². The molecule has 0 spiro atoms. The van der Waals surface area contributed by atoms with Crippen molar-refractivity contribution in [1.29, 1.82) is 0 Å². The molecule has 1 unspecified atom stereocenters. The first-order valence-electron chi connectivity index (χ1n) is 9.27. The zero-order valence-electron chi connectivity index (χ0n) is 14.7. The van der Waals surface area contributed by atoms with Crippen LogP contribution in [0.5, 0.6) is 5.75 Å². The molecule has 2 heteroatoms. The fourth-order valence-electron chi connectivity index (χ4n) is 3.52. The number of hydrogen-bond acceptors (Lipinski definition) is 2. The second kappa shape index (κ2) is 8.89. The van der Waals surface area contributed by atoms with E-state index in [-0.39, 0.29) is 6.10 Å². The summed E-state index contributed by atoms with van der Waals surface area (Å²) in [7, 11) is 0. The first-order chi connectivity index (χ1) is 11.8. The minimum Gasteiger partial charge on any atom is -0.491 e. The maximum absolute atomic E-state index is 5.98. The van der Waals surface area contributed by atoms with Crippen molar-refractivity contribution < 1.29 is 4.74 Å². The van der Waals surface area contributed by atoms with Gasteiger partial charge in [-0.1, -0.05) is 48.5 Å². The number of ether oxygens (including phenoxy) is 1. The lowest BCUT2D eigenvalue weighted by Crippen LogP contribution is -2.36. The molecular formula is C22H29NO. The van der Waals surface area contributed by atoms with Crippen LogP contribution in [-0.4, -0.2) is 30.6 Å². The van der Waals surface area contributed by atoms with Crippen molar-refractivity contribution in [2.75, 3.05) is 19.6 Å². The fourth-order valence-corrected chi connectivity index (χ4v) is 3.52. The Hall–Kier alpha value is -1.80. The minimum absolute atomic E-state index is 0.273. The van der Waals surface area contributed by atoms with E-state index >= 15 is 0 Å². The molecule has 128 valence electrons. The largest absolute Gasteiger partial charge is 0.491 e. The Morgan fingerprint density at radius 2 is 1.58 bits per heavy atom. The average molecular weight is 323 g/mol. The van der Waals surface area contributed by atoms with Gasteiger partial charge in [-0.15, -0.1) is 0 Å². The number of piperidine rings is 1. The van der Waals surface area contributed by atoms with Crippen molar-refractivity contribution in [1.82, 2.24) is 4.90 Å². The topological polar surface area (TPSA) is 12.5 Å². The standard InChI is InChI=1S/C22H29NO/c1-19(24-22-10-6-3-7-11-22)12-15-23-16-13-21(14-17-23)18-20-8-4-2-5-9-20/h2-11,19,21H,12-18H2,1H3. The van der Waals surface area contributed by atoms with Crippen LogP contribution in [0.2, 0.25) is 0 Å². The highest BCUT2D eigenvalue weighted by Crippen LogP contribution is 2.22. The molecule has 1 fully saturated rings. The molecule has 24 heavy (non-hydrogen) atoms.